The first-order chi connectivity index (χ1) is 5.81. The Labute approximate surface area is 75.3 Å². The SMILES string of the molecule is CC.NN1CCC2(CCNC2)C1. The van der Waals surface area contributed by atoms with Gasteiger partial charge in [0.1, 0.15) is 0 Å². The van der Waals surface area contributed by atoms with E-state index >= 15 is 0 Å². The van der Waals surface area contributed by atoms with Crippen molar-refractivity contribution < 1.29 is 0 Å². The largest absolute Gasteiger partial charge is 0.316 e. The monoisotopic (exact) mass is 171 g/mol. The molecule has 2 aliphatic heterocycles. The molecule has 0 saturated carbocycles. The molecule has 0 amide bonds. The van der Waals surface area contributed by atoms with Crippen molar-refractivity contribution in [3.63, 3.8) is 0 Å². The minimum Gasteiger partial charge on any atom is -0.316 e. The molecular weight excluding hydrogens is 150 g/mol. The van der Waals surface area contributed by atoms with Crippen molar-refractivity contribution in [2.24, 2.45) is 11.3 Å². The van der Waals surface area contributed by atoms with Crippen LogP contribution in [-0.2, 0) is 0 Å². The number of rotatable bonds is 0. The molecule has 1 atom stereocenters. The van der Waals surface area contributed by atoms with Crippen LogP contribution < -0.4 is 11.2 Å². The normalized spacial score (nSPS) is 35.2. The van der Waals surface area contributed by atoms with Crippen molar-refractivity contribution in [1.82, 2.24) is 10.3 Å². The first-order valence-electron chi connectivity index (χ1n) is 5.01. The van der Waals surface area contributed by atoms with E-state index < -0.39 is 0 Å². The Kier molecular flexibility index (Phi) is 3.50. The van der Waals surface area contributed by atoms with Crippen molar-refractivity contribution in [1.29, 1.82) is 0 Å². The molecule has 72 valence electrons. The van der Waals surface area contributed by atoms with Gasteiger partial charge in [0.15, 0.2) is 0 Å². The number of nitrogens with one attached hydrogen (secondary N) is 1. The van der Waals surface area contributed by atoms with Gasteiger partial charge < -0.3 is 5.32 Å². The van der Waals surface area contributed by atoms with Crippen LogP contribution in [0.3, 0.4) is 0 Å². The number of nitrogens with zero attached hydrogens (tertiary/aromatic N) is 1. The summed E-state index contributed by atoms with van der Waals surface area (Å²) in [5, 5.41) is 5.34. The molecule has 12 heavy (non-hydrogen) atoms. The second kappa shape index (κ2) is 4.21. The van der Waals surface area contributed by atoms with Crippen molar-refractivity contribution in [2.45, 2.75) is 26.7 Å². The third kappa shape index (κ3) is 1.97. The summed E-state index contributed by atoms with van der Waals surface area (Å²) < 4.78 is 0. The molecule has 1 spiro atoms. The molecule has 3 N–H and O–H groups in total. The zero-order valence-electron chi connectivity index (χ0n) is 8.27. The number of hydrazine groups is 1. The fraction of sp³-hybridized carbons (Fsp3) is 1.00. The van der Waals surface area contributed by atoms with Crippen LogP contribution in [0.1, 0.15) is 26.7 Å². The highest BCUT2D eigenvalue weighted by Crippen LogP contribution is 2.34. The lowest BCUT2D eigenvalue weighted by Gasteiger charge is -2.20. The summed E-state index contributed by atoms with van der Waals surface area (Å²) in [7, 11) is 0. The summed E-state index contributed by atoms with van der Waals surface area (Å²) in [5.41, 5.74) is 0.550. The summed E-state index contributed by atoms with van der Waals surface area (Å²) >= 11 is 0. The molecule has 0 radical (unpaired) electrons. The molecule has 2 fully saturated rings. The molecule has 2 saturated heterocycles. The summed E-state index contributed by atoms with van der Waals surface area (Å²) in [5.74, 6) is 5.69. The van der Waals surface area contributed by atoms with Gasteiger partial charge in [-0.2, -0.15) is 0 Å². The van der Waals surface area contributed by atoms with Crippen LogP contribution in [0.25, 0.3) is 0 Å². The highest BCUT2D eigenvalue weighted by atomic mass is 15.4. The average Bonchev–Trinajstić information content (AvgIpc) is 2.68. The second-order valence-electron chi connectivity index (χ2n) is 3.65. The van der Waals surface area contributed by atoms with Crippen LogP contribution in [0, 0.1) is 5.41 Å². The maximum absolute atomic E-state index is 5.69. The standard InChI is InChI=1S/C7H15N3.C2H6/c8-10-4-2-7(6-10)1-3-9-5-7;1-2/h9H,1-6,8H2;1-2H3. The fourth-order valence-electron chi connectivity index (χ4n) is 2.11. The predicted molar refractivity (Wildman–Crippen MR) is 51.6 cm³/mol. The smallest absolute Gasteiger partial charge is 0.0198 e. The van der Waals surface area contributed by atoms with E-state index in [1.165, 1.54) is 25.9 Å². The highest BCUT2D eigenvalue weighted by molar-refractivity contribution is 4.94. The highest BCUT2D eigenvalue weighted by Gasteiger charge is 2.39. The topological polar surface area (TPSA) is 41.3 Å². The molecule has 0 bridgehead atoms. The Morgan fingerprint density at radius 2 is 2.08 bits per heavy atom. The van der Waals surface area contributed by atoms with Gasteiger partial charge in [-0.15, -0.1) is 0 Å². The fourth-order valence-corrected chi connectivity index (χ4v) is 2.11. The number of nitrogens with two attached hydrogens (primary N) is 1. The van der Waals surface area contributed by atoms with Crippen LogP contribution in [0.4, 0.5) is 0 Å². The lowest BCUT2D eigenvalue weighted by molar-refractivity contribution is 0.281. The molecule has 2 aliphatic rings. The third-order valence-electron chi connectivity index (χ3n) is 2.80. The second-order valence-corrected chi connectivity index (χ2v) is 3.65. The zero-order valence-corrected chi connectivity index (χ0v) is 8.27. The van der Waals surface area contributed by atoms with Gasteiger partial charge in [-0.3, -0.25) is 5.84 Å². The van der Waals surface area contributed by atoms with Gasteiger partial charge in [0.2, 0.25) is 0 Å². The molecule has 2 rings (SSSR count). The van der Waals surface area contributed by atoms with Gasteiger partial charge in [0.25, 0.3) is 0 Å². The van der Waals surface area contributed by atoms with Crippen molar-refractivity contribution >= 4 is 0 Å². The molecule has 2 heterocycles. The van der Waals surface area contributed by atoms with E-state index in [1.807, 2.05) is 18.9 Å². The molecule has 0 aliphatic carbocycles. The maximum atomic E-state index is 5.69. The predicted octanol–water partition coefficient (Wildman–Crippen LogP) is 0.572. The molecule has 3 heteroatoms. The molecule has 0 aromatic carbocycles. The van der Waals surface area contributed by atoms with Gasteiger partial charge in [0.05, 0.1) is 0 Å². The lowest BCUT2D eigenvalue weighted by Crippen LogP contribution is -2.33. The van der Waals surface area contributed by atoms with E-state index in [0.717, 1.165) is 13.1 Å². The van der Waals surface area contributed by atoms with E-state index in [-0.39, 0.29) is 0 Å². The van der Waals surface area contributed by atoms with E-state index in [0.29, 0.717) is 5.41 Å². The minimum absolute atomic E-state index is 0.550. The third-order valence-corrected chi connectivity index (χ3v) is 2.80. The molecule has 0 aromatic heterocycles. The Morgan fingerprint density at radius 1 is 1.33 bits per heavy atom. The van der Waals surface area contributed by atoms with Gasteiger partial charge in [-0.25, -0.2) is 5.01 Å². The van der Waals surface area contributed by atoms with Gasteiger partial charge in [-0.05, 0) is 24.8 Å². The van der Waals surface area contributed by atoms with Gasteiger partial charge in [0, 0.05) is 19.6 Å². The van der Waals surface area contributed by atoms with E-state index in [2.05, 4.69) is 5.32 Å². The number of hydrogen-bond acceptors (Lipinski definition) is 3. The van der Waals surface area contributed by atoms with Crippen LogP contribution in [0.15, 0.2) is 0 Å². The summed E-state index contributed by atoms with van der Waals surface area (Å²) in [4.78, 5) is 0. The quantitative estimate of drug-likeness (QED) is 0.524. The summed E-state index contributed by atoms with van der Waals surface area (Å²) in [6, 6.07) is 0. The van der Waals surface area contributed by atoms with Gasteiger partial charge in [-0.1, -0.05) is 13.8 Å². The van der Waals surface area contributed by atoms with Crippen LogP contribution >= 0.6 is 0 Å². The Bertz CT molecular complexity index is 130. The Morgan fingerprint density at radius 3 is 2.50 bits per heavy atom. The molecule has 1 unspecified atom stereocenters. The van der Waals surface area contributed by atoms with Crippen molar-refractivity contribution in [3.05, 3.63) is 0 Å². The molecule has 0 aromatic rings. The summed E-state index contributed by atoms with van der Waals surface area (Å²) in [6.45, 7) is 8.55. The van der Waals surface area contributed by atoms with Crippen LogP contribution in [0.5, 0.6) is 0 Å². The van der Waals surface area contributed by atoms with E-state index in [4.69, 9.17) is 5.84 Å². The molecule has 3 nitrogen and oxygen atoms in total. The van der Waals surface area contributed by atoms with Gasteiger partial charge >= 0.3 is 0 Å². The lowest BCUT2D eigenvalue weighted by atomic mass is 9.87. The average molecular weight is 171 g/mol. The van der Waals surface area contributed by atoms with Crippen LogP contribution in [0.2, 0.25) is 0 Å². The number of hydrogen-bond donors (Lipinski definition) is 2. The first kappa shape index (κ1) is 9.96. The molecular formula is C9H21N3. The summed E-state index contributed by atoms with van der Waals surface area (Å²) in [6.07, 6.45) is 2.61. The first-order valence-corrected chi connectivity index (χ1v) is 5.01. The zero-order chi connectivity index (χ0) is 9.03. The maximum Gasteiger partial charge on any atom is 0.0198 e. The van der Waals surface area contributed by atoms with Crippen molar-refractivity contribution in [3.8, 4) is 0 Å². The van der Waals surface area contributed by atoms with Crippen molar-refractivity contribution in [2.75, 3.05) is 26.2 Å². The Hall–Kier alpha value is -0.120. The minimum atomic E-state index is 0.550. The van der Waals surface area contributed by atoms with E-state index in [1.54, 1.807) is 0 Å². The Balaban J connectivity index is 0.000000336. The van der Waals surface area contributed by atoms with Crippen LogP contribution in [-0.4, -0.2) is 31.2 Å². The van der Waals surface area contributed by atoms with E-state index in [9.17, 15) is 0 Å².